The fourth-order valence-electron chi connectivity index (χ4n) is 4.85. The molecule has 1 saturated heterocycles. The molecule has 0 N–H and O–H groups in total. The molecule has 0 aromatic heterocycles. The van der Waals surface area contributed by atoms with Crippen molar-refractivity contribution in [2.24, 2.45) is 11.3 Å². The molecule has 1 heterocycles. The standard InChI is InChI=1S/C21H30O5/c1-7-25-18(23)14-8-10-19(4,11-9-14)21-16(26-21)12-15(13(2)3)17(22)20(21,5)24-6/h8,12-13,16H,7,9-11H2,1-6H3/t16-,19+,20+,21+/m0/s1. The van der Waals surface area contributed by atoms with Crippen LogP contribution in [0.3, 0.4) is 0 Å². The normalized spacial score (nSPS) is 39.2. The molecule has 1 aliphatic heterocycles. The number of hydrogen-bond donors (Lipinski definition) is 0. The summed E-state index contributed by atoms with van der Waals surface area (Å²) in [5, 5.41) is 0. The van der Waals surface area contributed by atoms with Crippen LogP contribution >= 0.6 is 0 Å². The minimum absolute atomic E-state index is 0.0187. The van der Waals surface area contributed by atoms with Crippen molar-refractivity contribution in [2.75, 3.05) is 13.7 Å². The van der Waals surface area contributed by atoms with E-state index in [4.69, 9.17) is 14.2 Å². The van der Waals surface area contributed by atoms with Gasteiger partial charge in [-0.15, -0.1) is 0 Å². The fraction of sp³-hybridized carbons (Fsp3) is 0.714. The lowest BCUT2D eigenvalue weighted by molar-refractivity contribution is -0.155. The molecule has 0 aromatic rings. The van der Waals surface area contributed by atoms with Crippen molar-refractivity contribution >= 4 is 11.8 Å². The predicted molar refractivity (Wildman–Crippen MR) is 97.6 cm³/mol. The Morgan fingerprint density at radius 2 is 2.08 bits per heavy atom. The Hall–Kier alpha value is -1.46. The summed E-state index contributed by atoms with van der Waals surface area (Å²) in [6, 6.07) is 0. The van der Waals surface area contributed by atoms with Crippen molar-refractivity contribution in [3.8, 4) is 0 Å². The third-order valence-corrected chi connectivity index (χ3v) is 6.60. The van der Waals surface area contributed by atoms with Crippen molar-refractivity contribution in [2.45, 2.75) is 71.2 Å². The molecule has 144 valence electrons. The van der Waals surface area contributed by atoms with E-state index in [1.807, 2.05) is 39.8 Å². The van der Waals surface area contributed by atoms with E-state index in [1.165, 1.54) is 0 Å². The molecule has 3 rings (SSSR count). The van der Waals surface area contributed by atoms with Crippen LogP contribution in [-0.2, 0) is 23.8 Å². The van der Waals surface area contributed by atoms with Crippen molar-refractivity contribution in [1.82, 2.24) is 0 Å². The highest BCUT2D eigenvalue weighted by Crippen LogP contribution is 2.65. The van der Waals surface area contributed by atoms with Crippen LogP contribution in [0.5, 0.6) is 0 Å². The fourth-order valence-corrected chi connectivity index (χ4v) is 4.85. The predicted octanol–water partition coefficient (Wildman–Crippen LogP) is 3.37. The summed E-state index contributed by atoms with van der Waals surface area (Å²) in [7, 11) is 1.59. The number of Topliss-reactive ketones (excluding diaryl/α,β-unsaturated/α-hetero) is 1. The molecule has 26 heavy (non-hydrogen) atoms. The zero-order chi connectivity index (χ0) is 19.3. The Labute approximate surface area is 155 Å². The number of epoxide rings is 1. The van der Waals surface area contributed by atoms with E-state index in [0.29, 0.717) is 19.4 Å². The van der Waals surface area contributed by atoms with Gasteiger partial charge in [0.2, 0.25) is 0 Å². The van der Waals surface area contributed by atoms with Crippen LogP contribution in [0.4, 0.5) is 0 Å². The first kappa shape index (κ1) is 19.3. The van der Waals surface area contributed by atoms with Gasteiger partial charge in [0.1, 0.15) is 11.7 Å². The van der Waals surface area contributed by atoms with Crippen LogP contribution in [0.15, 0.2) is 23.3 Å². The molecule has 5 nitrogen and oxygen atoms in total. The summed E-state index contributed by atoms with van der Waals surface area (Å²) < 4.78 is 17.2. The molecule has 5 heteroatoms. The Morgan fingerprint density at radius 3 is 2.58 bits per heavy atom. The topological polar surface area (TPSA) is 65.1 Å². The summed E-state index contributed by atoms with van der Waals surface area (Å²) in [4.78, 5) is 25.3. The lowest BCUT2D eigenvalue weighted by Gasteiger charge is -2.48. The van der Waals surface area contributed by atoms with Gasteiger partial charge in [0.25, 0.3) is 0 Å². The second-order valence-corrected chi connectivity index (χ2v) is 8.33. The molecule has 1 fully saturated rings. The lowest BCUT2D eigenvalue weighted by Crippen LogP contribution is -2.62. The number of rotatable bonds is 5. The molecular weight excluding hydrogens is 332 g/mol. The third kappa shape index (κ3) is 2.43. The van der Waals surface area contributed by atoms with Gasteiger partial charge in [0.15, 0.2) is 11.4 Å². The first-order chi connectivity index (χ1) is 12.2. The summed E-state index contributed by atoms with van der Waals surface area (Å²) in [5.41, 5.74) is -0.475. The van der Waals surface area contributed by atoms with E-state index in [0.717, 1.165) is 17.6 Å². The average Bonchev–Trinajstić information content (AvgIpc) is 3.36. The van der Waals surface area contributed by atoms with Gasteiger partial charge in [-0.1, -0.05) is 26.8 Å². The molecule has 0 spiro atoms. The van der Waals surface area contributed by atoms with E-state index < -0.39 is 11.2 Å². The maximum absolute atomic E-state index is 13.2. The van der Waals surface area contributed by atoms with E-state index in [2.05, 4.69) is 6.92 Å². The highest BCUT2D eigenvalue weighted by atomic mass is 16.6. The zero-order valence-electron chi connectivity index (χ0n) is 16.7. The summed E-state index contributed by atoms with van der Waals surface area (Å²) >= 11 is 0. The number of methoxy groups -OCH3 is 1. The molecule has 3 aliphatic rings. The molecule has 4 atom stereocenters. The number of ketones is 1. The van der Waals surface area contributed by atoms with Crippen LogP contribution in [0.25, 0.3) is 0 Å². The Bertz CT molecular complexity index is 691. The van der Waals surface area contributed by atoms with Crippen LogP contribution in [0.2, 0.25) is 0 Å². The van der Waals surface area contributed by atoms with Crippen LogP contribution in [0, 0.1) is 11.3 Å². The molecule has 0 aromatic carbocycles. The number of esters is 1. The van der Waals surface area contributed by atoms with Crippen molar-refractivity contribution in [1.29, 1.82) is 0 Å². The molecule has 0 bridgehead atoms. The maximum Gasteiger partial charge on any atom is 0.333 e. The smallest absolute Gasteiger partial charge is 0.333 e. The van der Waals surface area contributed by atoms with Gasteiger partial charge in [-0.2, -0.15) is 0 Å². The molecule has 2 aliphatic carbocycles. The Kier molecular flexibility index (Phi) is 4.68. The quantitative estimate of drug-likeness (QED) is 0.554. The average molecular weight is 362 g/mol. The third-order valence-electron chi connectivity index (χ3n) is 6.60. The largest absolute Gasteiger partial charge is 0.463 e. The minimum Gasteiger partial charge on any atom is -0.463 e. The van der Waals surface area contributed by atoms with Gasteiger partial charge >= 0.3 is 5.97 Å². The van der Waals surface area contributed by atoms with Crippen LogP contribution in [-0.4, -0.2) is 42.8 Å². The van der Waals surface area contributed by atoms with Gasteiger partial charge in [-0.3, -0.25) is 4.79 Å². The highest BCUT2D eigenvalue weighted by Gasteiger charge is 2.78. The van der Waals surface area contributed by atoms with E-state index in [-0.39, 0.29) is 29.2 Å². The summed E-state index contributed by atoms with van der Waals surface area (Å²) in [6.07, 6.45) is 5.87. The van der Waals surface area contributed by atoms with Gasteiger partial charge in [0, 0.05) is 18.1 Å². The van der Waals surface area contributed by atoms with Gasteiger partial charge in [0.05, 0.1) is 6.61 Å². The monoisotopic (exact) mass is 362 g/mol. The number of hydrogen-bond acceptors (Lipinski definition) is 5. The SMILES string of the molecule is CCOC(=O)C1=CC[C@@](C)([C@]23O[C@H]2C=C(C(C)C)C(=O)[C@@]3(C)OC)CC1. The second-order valence-electron chi connectivity index (χ2n) is 8.33. The Morgan fingerprint density at radius 1 is 1.38 bits per heavy atom. The molecule has 0 saturated carbocycles. The van der Waals surface area contributed by atoms with E-state index >= 15 is 0 Å². The highest BCUT2D eigenvalue weighted by molar-refractivity contribution is 6.05. The molecule has 0 radical (unpaired) electrons. The number of carbonyl (C=O) groups is 2. The molecule has 0 unspecified atom stereocenters. The van der Waals surface area contributed by atoms with Crippen molar-refractivity contribution in [3.63, 3.8) is 0 Å². The van der Waals surface area contributed by atoms with Gasteiger partial charge in [-0.25, -0.2) is 4.79 Å². The van der Waals surface area contributed by atoms with Crippen LogP contribution in [0.1, 0.15) is 53.9 Å². The Balaban J connectivity index is 1.95. The van der Waals surface area contributed by atoms with E-state index in [9.17, 15) is 9.59 Å². The molecule has 0 amide bonds. The van der Waals surface area contributed by atoms with Crippen molar-refractivity contribution < 1.29 is 23.8 Å². The van der Waals surface area contributed by atoms with Crippen LogP contribution < -0.4 is 0 Å². The maximum atomic E-state index is 13.2. The van der Waals surface area contributed by atoms with Gasteiger partial charge < -0.3 is 14.2 Å². The summed E-state index contributed by atoms with van der Waals surface area (Å²) in [5.74, 6) is -0.0877. The van der Waals surface area contributed by atoms with Gasteiger partial charge in [-0.05, 0) is 50.7 Å². The number of ether oxygens (including phenoxy) is 3. The van der Waals surface area contributed by atoms with Crippen molar-refractivity contribution in [3.05, 3.63) is 23.3 Å². The first-order valence-electron chi connectivity index (χ1n) is 9.52. The number of allylic oxidation sites excluding steroid dienone is 1. The second kappa shape index (κ2) is 6.31. The minimum atomic E-state index is -1.02. The number of fused-ring (bicyclic) bond motifs is 1. The zero-order valence-corrected chi connectivity index (χ0v) is 16.7. The lowest BCUT2D eigenvalue weighted by atomic mass is 9.57. The summed E-state index contributed by atoms with van der Waals surface area (Å²) in [6.45, 7) is 10.2. The number of carbonyl (C=O) groups excluding carboxylic acids is 2. The van der Waals surface area contributed by atoms with E-state index in [1.54, 1.807) is 7.11 Å². The first-order valence-corrected chi connectivity index (χ1v) is 9.52. The molecular formula is C21H30O5.